The second-order valence-corrected chi connectivity index (χ2v) is 8.41. The fourth-order valence-corrected chi connectivity index (χ4v) is 3.13. The first-order chi connectivity index (χ1) is 12.3. The highest BCUT2D eigenvalue weighted by Crippen LogP contribution is 2.14. The number of rotatable bonds is 7. The van der Waals surface area contributed by atoms with E-state index in [1.165, 1.54) is 12.3 Å². The Morgan fingerprint density at radius 2 is 2.19 bits per heavy atom. The third-order valence-electron chi connectivity index (χ3n) is 3.78. The maximum Gasteiger partial charge on any atom is 0.191 e. The van der Waals surface area contributed by atoms with Crippen molar-refractivity contribution >= 4 is 15.8 Å². The molecule has 0 amide bonds. The van der Waals surface area contributed by atoms with Gasteiger partial charge in [0.1, 0.15) is 15.7 Å². The fraction of sp³-hybridized carbons (Fsp3) is 0.412. The molecule has 1 atom stereocenters. The van der Waals surface area contributed by atoms with Crippen LogP contribution in [0.25, 0.3) is 5.69 Å². The molecule has 0 aliphatic heterocycles. The van der Waals surface area contributed by atoms with Crippen LogP contribution in [0.3, 0.4) is 0 Å². The first-order valence-electron chi connectivity index (χ1n) is 8.20. The van der Waals surface area contributed by atoms with Gasteiger partial charge in [0.25, 0.3) is 0 Å². The van der Waals surface area contributed by atoms with Crippen molar-refractivity contribution in [3.8, 4) is 5.69 Å². The van der Waals surface area contributed by atoms with Crippen molar-refractivity contribution in [2.75, 3.05) is 19.1 Å². The van der Waals surface area contributed by atoms with Gasteiger partial charge in [0, 0.05) is 38.3 Å². The number of nitrogens with zero attached hydrogens (tertiary/aromatic N) is 3. The lowest BCUT2D eigenvalue weighted by Crippen LogP contribution is -2.42. The van der Waals surface area contributed by atoms with Crippen LogP contribution in [-0.4, -0.2) is 49.0 Å². The molecule has 1 unspecified atom stereocenters. The van der Waals surface area contributed by atoms with Crippen LogP contribution in [0, 0.1) is 5.82 Å². The van der Waals surface area contributed by atoms with Crippen molar-refractivity contribution < 1.29 is 12.8 Å². The number of guanidine groups is 1. The van der Waals surface area contributed by atoms with Crippen LogP contribution in [-0.2, 0) is 16.4 Å². The van der Waals surface area contributed by atoms with Gasteiger partial charge in [-0.3, -0.25) is 4.99 Å². The van der Waals surface area contributed by atoms with E-state index in [1.54, 1.807) is 36.4 Å². The van der Waals surface area contributed by atoms with Crippen LogP contribution < -0.4 is 10.6 Å². The van der Waals surface area contributed by atoms with Crippen LogP contribution in [0.2, 0.25) is 0 Å². The van der Waals surface area contributed by atoms with E-state index in [9.17, 15) is 12.8 Å². The molecule has 7 nitrogen and oxygen atoms in total. The van der Waals surface area contributed by atoms with Gasteiger partial charge in [-0.05, 0) is 31.0 Å². The predicted molar refractivity (Wildman–Crippen MR) is 101 cm³/mol. The first kappa shape index (κ1) is 19.9. The van der Waals surface area contributed by atoms with E-state index in [0.717, 1.165) is 5.56 Å². The number of aliphatic imine (C=N–C) groups is 1. The molecule has 1 heterocycles. The summed E-state index contributed by atoms with van der Waals surface area (Å²) in [5, 5.41) is 6.23. The largest absolute Gasteiger partial charge is 0.354 e. The summed E-state index contributed by atoms with van der Waals surface area (Å²) in [4.78, 5) is 8.02. The van der Waals surface area contributed by atoms with E-state index in [4.69, 9.17) is 0 Å². The molecular weight excluding hydrogens is 357 g/mol. The van der Waals surface area contributed by atoms with Crippen LogP contribution in [0.15, 0.2) is 41.9 Å². The van der Waals surface area contributed by atoms with E-state index in [1.807, 2.05) is 13.0 Å². The van der Waals surface area contributed by atoms with Crippen LogP contribution in [0.5, 0.6) is 0 Å². The zero-order chi connectivity index (χ0) is 19.2. The van der Waals surface area contributed by atoms with Crippen molar-refractivity contribution in [1.29, 1.82) is 0 Å². The minimum atomic E-state index is -2.99. The molecular formula is C17H24FN5O2S. The monoisotopic (exact) mass is 381 g/mol. The number of sulfone groups is 1. The SMILES string of the molecule is CN=C(NCc1ccc(-n2ccnc2)c(F)c1)NC(C)CCS(C)(=O)=O. The third-order valence-corrected chi connectivity index (χ3v) is 4.76. The summed E-state index contributed by atoms with van der Waals surface area (Å²) in [7, 11) is -1.37. The molecule has 1 aromatic heterocycles. The average molecular weight is 381 g/mol. The number of halogens is 1. The Morgan fingerprint density at radius 1 is 1.42 bits per heavy atom. The minimum absolute atomic E-state index is 0.0590. The molecule has 0 saturated carbocycles. The zero-order valence-corrected chi connectivity index (χ0v) is 15.9. The molecule has 2 N–H and O–H groups in total. The standard InChI is InChI=1S/C17H24FN5O2S/c1-13(6-9-26(3,24)25)22-17(19-2)21-11-14-4-5-16(15(18)10-14)23-8-7-20-12-23/h4-5,7-8,10,12-13H,6,9,11H2,1-3H3,(H2,19,21,22). The molecule has 0 spiro atoms. The van der Waals surface area contributed by atoms with Gasteiger partial charge in [-0.2, -0.15) is 0 Å². The number of aromatic nitrogens is 2. The topological polar surface area (TPSA) is 88.4 Å². The second-order valence-electron chi connectivity index (χ2n) is 6.15. The normalized spacial score (nSPS) is 13.5. The Hall–Kier alpha value is -2.42. The molecule has 26 heavy (non-hydrogen) atoms. The van der Waals surface area contributed by atoms with Crippen LogP contribution in [0.4, 0.5) is 4.39 Å². The highest BCUT2D eigenvalue weighted by molar-refractivity contribution is 7.90. The van der Waals surface area contributed by atoms with Gasteiger partial charge in [-0.1, -0.05) is 6.07 Å². The zero-order valence-electron chi connectivity index (χ0n) is 15.1. The smallest absolute Gasteiger partial charge is 0.191 e. The molecule has 9 heteroatoms. The lowest BCUT2D eigenvalue weighted by molar-refractivity contribution is 0.581. The van der Waals surface area contributed by atoms with Crippen molar-refractivity contribution in [2.45, 2.75) is 25.9 Å². The summed E-state index contributed by atoms with van der Waals surface area (Å²) >= 11 is 0. The van der Waals surface area contributed by atoms with Gasteiger partial charge < -0.3 is 15.2 Å². The lowest BCUT2D eigenvalue weighted by Gasteiger charge is -2.18. The molecule has 0 bridgehead atoms. The number of hydrogen-bond donors (Lipinski definition) is 2. The quantitative estimate of drug-likeness (QED) is 0.561. The van der Waals surface area contributed by atoms with Gasteiger partial charge in [0.05, 0.1) is 17.8 Å². The first-order valence-corrected chi connectivity index (χ1v) is 10.3. The van der Waals surface area contributed by atoms with Crippen molar-refractivity contribution in [3.63, 3.8) is 0 Å². The summed E-state index contributed by atoms with van der Waals surface area (Å²) in [6.45, 7) is 2.28. The summed E-state index contributed by atoms with van der Waals surface area (Å²) in [6.07, 6.45) is 6.51. The number of nitrogens with one attached hydrogen (secondary N) is 2. The highest BCUT2D eigenvalue weighted by atomic mass is 32.2. The van der Waals surface area contributed by atoms with E-state index >= 15 is 0 Å². The van der Waals surface area contributed by atoms with Gasteiger partial charge in [0.2, 0.25) is 0 Å². The maximum atomic E-state index is 14.3. The molecule has 0 saturated heterocycles. The van der Waals surface area contributed by atoms with E-state index in [2.05, 4.69) is 20.6 Å². The van der Waals surface area contributed by atoms with Crippen LogP contribution in [0.1, 0.15) is 18.9 Å². The lowest BCUT2D eigenvalue weighted by atomic mass is 10.2. The predicted octanol–water partition coefficient (Wildman–Crippen LogP) is 1.50. The molecule has 2 rings (SSSR count). The summed E-state index contributed by atoms with van der Waals surface area (Å²) in [6, 6.07) is 4.92. The highest BCUT2D eigenvalue weighted by Gasteiger charge is 2.10. The summed E-state index contributed by atoms with van der Waals surface area (Å²) in [5.74, 6) is 0.302. The third kappa shape index (κ3) is 6.14. The van der Waals surface area contributed by atoms with E-state index in [-0.39, 0.29) is 17.6 Å². The fourth-order valence-electron chi connectivity index (χ4n) is 2.35. The molecule has 0 radical (unpaired) electrons. The number of hydrogen-bond acceptors (Lipinski definition) is 4. The molecule has 2 aromatic rings. The van der Waals surface area contributed by atoms with Gasteiger partial charge in [-0.25, -0.2) is 17.8 Å². The Balaban J connectivity index is 1.91. The number of imidazole rings is 1. The second kappa shape index (κ2) is 8.79. The minimum Gasteiger partial charge on any atom is -0.354 e. The van der Waals surface area contributed by atoms with Gasteiger partial charge in [-0.15, -0.1) is 0 Å². The van der Waals surface area contributed by atoms with Crippen molar-refractivity contribution in [2.24, 2.45) is 4.99 Å². The molecule has 1 aromatic carbocycles. The maximum absolute atomic E-state index is 14.3. The Labute approximate surface area is 153 Å². The molecule has 0 aliphatic carbocycles. The van der Waals surface area contributed by atoms with Crippen molar-refractivity contribution in [3.05, 3.63) is 48.3 Å². The molecule has 0 aliphatic rings. The van der Waals surface area contributed by atoms with Gasteiger partial charge >= 0.3 is 0 Å². The van der Waals surface area contributed by atoms with E-state index in [0.29, 0.717) is 24.6 Å². The summed E-state index contributed by atoms with van der Waals surface area (Å²) in [5.41, 5.74) is 1.20. The Morgan fingerprint density at radius 3 is 2.77 bits per heavy atom. The van der Waals surface area contributed by atoms with Crippen LogP contribution >= 0.6 is 0 Å². The van der Waals surface area contributed by atoms with Gasteiger partial charge in [0.15, 0.2) is 5.96 Å². The summed E-state index contributed by atoms with van der Waals surface area (Å²) < 4.78 is 38.3. The molecule has 142 valence electrons. The average Bonchev–Trinajstić information content (AvgIpc) is 3.10. The number of benzene rings is 1. The Bertz CT molecular complexity index is 850. The molecule has 0 fully saturated rings. The Kier molecular flexibility index (Phi) is 6.73. The van der Waals surface area contributed by atoms with Crippen molar-refractivity contribution in [1.82, 2.24) is 20.2 Å². The van der Waals surface area contributed by atoms with E-state index < -0.39 is 9.84 Å².